The lowest BCUT2D eigenvalue weighted by Crippen LogP contribution is -2.48. The van der Waals surface area contributed by atoms with Gasteiger partial charge in [-0.25, -0.2) is 0 Å². The number of aliphatic carboxylic acids is 4. The van der Waals surface area contributed by atoms with Crippen molar-refractivity contribution in [2.24, 2.45) is 11.5 Å². The van der Waals surface area contributed by atoms with Crippen LogP contribution in [0, 0.1) is 0 Å². The van der Waals surface area contributed by atoms with Gasteiger partial charge in [0.2, 0.25) is 0 Å². The molecule has 2 aromatic rings. The summed E-state index contributed by atoms with van der Waals surface area (Å²) in [6.07, 6.45) is 0.444. The highest BCUT2D eigenvalue weighted by atomic mass is 16.5. The standard InChI is InChI=1S/C38H58N6O12/c39-33(37(49)50)25-29-1-5-31(6-2-29)55-23-21-53-19-17-41-9-13-43(27-35(45)46)15-11-42(12-16-44(14-10-41)28-36(47)48)18-20-54-22-24-56-32-7-3-30(4-8-32)26-34(40)38(51)52/h1-8,33-34H,9-28,39-40H2,(H,45,46)(H,47,48)(H,49,50)(H,51,52)/t33-,34-/m0/s1. The molecule has 2 atom stereocenters. The van der Waals surface area contributed by atoms with Crippen molar-refractivity contribution in [3.63, 3.8) is 0 Å². The van der Waals surface area contributed by atoms with Crippen LogP contribution < -0.4 is 20.9 Å². The molecule has 18 nitrogen and oxygen atoms in total. The minimum atomic E-state index is -1.05. The molecule has 0 spiro atoms. The lowest BCUT2D eigenvalue weighted by molar-refractivity contribution is -0.139. The zero-order valence-electron chi connectivity index (χ0n) is 31.9. The van der Waals surface area contributed by atoms with Crippen molar-refractivity contribution in [3.8, 4) is 11.5 Å². The number of rotatable bonds is 24. The van der Waals surface area contributed by atoms with E-state index >= 15 is 0 Å². The van der Waals surface area contributed by atoms with Gasteiger partial charge in [0.05, 0.1) is 39.5 Å². The Morgan fingerprint density at radius 3 is 1.12 bits per heavy atom. The fourth-order valence-corrected chi connectivity index (χ4v) is 5.88. The summed E-state index contributed by atoms with van der Waals surface area (Å²) in [4.78, 5) is 53.5. The third-order valence-corrected chi connectivity index (χ3v) is 9.14. The van der Waals surface area contributed by atoms with Crippen LogP contribution in [0.4, 0.5) is 0 Å². The predicted molar refractivity (Wildman–Crippen MR) is 205 cm³/mol. The fraction of sp³-hybridized carbons (Fsp3) is 0.579. The van der Waals surface area contributed by atoms with E-state index in [1.165, 1.54) is 0 Å². The molecule has 1 heterocycles. The summed E-state index contributed by atoms with van der Waals surface area (Å²) >= 11 is 0. The molecular weight excluding hydrogens is 732 g/mol. The highest BCUT2D eigenvalue weighted by Crippen LogP contribution is 2.14. The highest BCUT2D eigenvalue weighted by molar-refractivity contribution is 5.74. The number of hydrogen-bond acceptors (Lipinski definition) is 14. The highest BCUT2D eigenvalue weighted by Gasteiger charge is 2.19. The van der Waals surface area contributed by atoms with Crippen LogP contribution in [0.5, 0.6) is 11.5 Å². The van der Waals surface area contributed by atoms with Gasteiger partial charge in [-0.1, -0.05) is 24.3 Å². The van der Waals surface area contributed by atoms with Gasteiger partial charge in [-0.05, 0) is 48.2 Å². The number of nitrogens with two attached hydrogens (primary N) is 2. The van der Waals surface area contributed by atoms with Crippen molar-refractivity contribution in [3.05, 3.63) is 59.7 Å². The zero-order valence-corrected chi connectivity index (χ0v) is 31.9. The number of nitrogens with zero attached hydrogens (tertiary/aromatic N) is 4. The molecule has 3 rings (SSSR count). The van der Waals surface area contributed by atoms with Crippen molar-refractivity contribution < 1.29 is 58.6 Å². The Morgan fingerprint density at radius 1 is 0.500 bits per heavy atom. The minimum Gasteiger partial charge on any atom is -0.491 e. The Hall–Kier alpha value is -4.40. The maximum absolute atomic E-state index is 11.7. The summed E-state index contributed by atoms with van der Waals surface area (Å²) in [5, 5.41) is 37.2. The average molecular weight is 791 g/mol. The first-order valence-corrected chi connectivity index (χ1v) is 18.8. The van der Waals surface area contributed by atoms with Crippen LogP contribution in [-0.2, 0) is 41.5 Å². The van der Waals surface area contributed by atoms with Gasteiger partial charge in [0.15, 0.2) is 0 Å². The Balaban J connectivity index is 1.43. The molecule has 0 unspecified atom stereocenters. The van der Waals surface area contributed by atoms with Crippen molar-refractivity contribution in [2.45, 2.75) is 24.9 Å². The van der Waals surface area contributed by atoms with E-state index in [9.17, 15) is 29.4 Å². The average Bonchev–Trinajstić information content (AvgIpc) is 3.15. The van der Waals surface area contributed by atoms with E-state index in [4.69, 9.17) is 40.6 Å². The summed E-state index contributed by atoms with van der Waals surface area (Å²) in [6.45, 7) is 7.39. The summed E-state index contributed by atoms with van der Waals surface area (Å²) in [7, 11) is 0. The first-order chi connectivity index (χ1) is 26.9. The Labute approximate surface area is 327 Å². The molecule has 0 amide bonds. The van der Waals surface area contributed by atoms with Crippen LogP contribution in [0.15, 0.2) is 48.5 Å². The fourth-order valence-electron chi connectivity index (χ4n) is 5.88. The van der Waals surface area contributed by atoms with Crippen molar-refractivity contribution in [1.82, 2.24) is 19.6 Å². The molecule has 0 radical (unpaired) electrons. The summed E-state index contributed by atoms with van der Waals surface area (Å²) in [6, 6.07) is 12.2. The maximum atomic E-state index is 11.7. The van der Waals surface area contributed by atoms with Crippen LogP contribution in [-0.4, -0.2) is 194 Å². The molecule has 0 saturated carbocycles. The van der Waals surface area contributed by atoms with Crippen LogP contribution in [0.2, 0.25) is 0 Å². The van der Waals surface area contributed by atoms with E-state index < -0.39 is 36.0 Å². The Kier molecular flexibility index (Phi) is 21.1. The molecule has 8 N–H and O–H groups in total. The Morgan fingerprint density at radius 2 is 0.821 bits per heavy atom. The van der Waals surface area contributed by atoms with E-state index in [0.29, 0.717) is 117 Å². The van der Waals surface area contributed by atoms with E-state index in [2.05, 4.69) is 9.80 Å². The summed E-state index contributed by atoms with van der Waals surface area (Å²) in [5.41, 5.74) is 12.8. The third kappa shape index (κ3) is 19.5. The monoisotopic (exact) mass is 790 g/mol. The number of carboxylic acid groups (broad SMARTS) is 4. The maximum Gasteiger partial charge on any atom is 0.320 e. The number of hydrogen-bond donors (Lipinski definition) is 6. The Bertz CT molecular complexity index is 1340. The molecule has 2 aromatic carbocycles. The normalized spacial score (nSPS) is 16.6. The molecule has 1 saturated heterocycles. The van der Waals surface area contributed by atoms with E-state index in [-0.39, 0.29) is 25.9 Å². The molecular formula is C38H58N6O12. The predicted octanol–water partition coefficient (Wildman–Crippen LogP) is -0.523. The van der Waals surface area contributed by atoms with Gasteiger partial charge >= 0.3 is 23.9 Å². The zero-order chi connectivity index (χ0) is 40.7. The van der Waals surface area contributed by atoms with E-state index in [0.717, 1.165) is 11.1 Å². The first kappa shape index (κ1) is 46.0. The van der Waals surface area contributed by atoms with Gasteiger partial charge in [0.1, 0.15) is 36.8 Å². The van der Waals surface area contributed by atoms with Gasteiger partial charge in [0.25, 0.3) is 0 Å². The third-order valence-electron chi connectivity index (χ3n) is 9.14. The second-order valence-corrected chi connectivity index (χ2v) is 13.5. The molecule has 0 aromatic heterocycles. The number of carbonyl (C=O) groups is 4. The molecule has 1 aliphatic rings. The van der Waals surface area contributed by atoms with Gasteiger partial charge in [-0.3, -0.25) is 38.8 Å². The second-order valence-electron chi connectivity index (χ2n) is 13.5. The molecule has 18 heteroatoms. The first-order valence-electron chi connectivity index (χ1n) is 18.8. The van der Waals surface area contributed by atoms with Crippen molar-refractivity contribution in [1.29, 1.82) is 0 Å². The van der Waals surface area contributed by atoms with Gasteiger partial charge in [-0.2, -0.15) is 0 Å². The topological polar surface area (TPSA) is 251 Å². The van der Waals surface area contributed by atoms with Crippen LogP contribution >= 0.6 is 0 Å². The minimum absolute atomic E-state index is 0.102. The molecule has 56 heavy (non-hydrogen) atoms. The van der Waals surface area contributed by atoms with Crippen molar-refractivity contribution >= 4 is 23.9 Å². The second kappa shape index (κ2) is 25.7. The molecule has 1 fully saturated rings. The smallest absolute Gasteiger partial charge is 0.320 e. The van der Waals surface area contributed by atoms with Crippen molar-refractivity contribution in [2.75, 3.05) is 118 Å². The van der Waals surface area contributed by atoms with Gasteiger partial charge in [0, 0.05) is 65.4 Å². The molecule has 0 aliphatic carbocycles. The van der Waals surface area contributed by atoms with Crippen LogP contribution in [0.1, 0.15) is 11.1 Å². The summed E-state index contributed by atoms with van der Waals surface area (Å²) in [5.74, 6) is -2.68. The van der Waals surface area contributed by atoms with Crippen LogP contribution in [0.25, 0.3) is 0 Å². The quantitative estimate of drug-likeness (QED) is 0.0732. The van der Waals surface area contributed by atoms with Gasteiger partial charge < -0.3 is 50.8 Å². The molecule has 0 bridgehead atoms. The van der Waals surface area contributed by atoms with E-state index in [1.54, 1.807) is 48.5 Å². The lowest BCUT2D eigenvalue weighted by atomic mass is 10.1. The van der Waals surface area contributed by atoms with Crippen LogP contribution in [0.3, 0.4) is 0 Å². The largest absolute Gasteiger partial charge is 0.491 e. The summed E-state index contributed by atoms with van der Waals surface area (Å²) < 4.78 is 23.1. The lowest BCUT2D eigenvalue weighted by Gasteiger charge is -2.33. The SMILES string of the molecule is N[C@@H](Cc1ccc(OCCOCCN2CCN(CC(=O)O)CCN(CCOCCOc3ccc(C[C@H](N)C(=O)O)cc3)CCN(CC(=O)O)CC2)cc1)C(=O)O. The van der Waals surface area contributed by atoms with Gasteiger partial charge in [-0.15, -0.1) is 0 Å². The van der Waals surface area contributed by atoms with E-state index in [1.807, 2.05) is 9.80 Å². The molecule has 1 aliphatic heterocycles. The number of ether oxygens (including phenoxy) is 4. The molecule has 312 valence electrons. The number of benzene rings is 2. The number of carboxylic acids is 4.